The number of fused-ring (bicyclic) bond motifs is 1. The number of hydrogen-bond acceptors (Lipinski definition) is 4. The first-order valence-electron chi connectivity index (χ1n) is 6.76. The maximum atomic E-state index is 4.73. The van der Waals surface area contributed by atoms with Gasteiger partial charge < -0.3 is 10.2 Å². The Morgan fingerprint density at radius 3 is 3.00 bits per heavy atom. The highest BCUT2D eigenvalue weighted by molar-refractivity contribution is 7.09. The second-order valence-corrected chi connectivity index (χ2v) is 6.09. The van der Waals surface area contributed by atoms with Gasteiger partial charge in [-0.1, -0.05) is 26.0 Å². The van der Waals surface area contributed by atoms with Crippen LogP contribution >= 0.6 is 11.3 Å². The lowest BCUT2D eigenvalue weighted by Gasteiger charge is -2.31. The summed E-state index contributed by atoms with van der Waals surface area (Å²) >= 11 is 1.77. The SMILES string of the molecule is CC(C)c1nc(CN2CCNc3ccccc32)cs1. The number of para-hydroxylation sites is 2. The molecule has 0 radical (unpaired) electrons. The largest absolute Gasteiger partial charge is 0.382 e. The topological polar surface area (TPSA) is 28.2 Å². The molecular formula is C15H19N3S. The molecule has 2 heterocycles. The molecule has 0 spiro atoms. The number of benzene rings is 1. The molecule has 1 aromatic heterocycles. The Morgan fingerprint density at radius 2 is 2.21 bits per heavy atom. The number of nitrogens with one attached hydrogen (secondary N) is 1. The second-order valence-electron chi connectivity index (χ2n) is 5.20. The molecule has 1 aliphatic heterocycles. The van der Waals surface area contributed by atoms with E-state index in [-0.39, 0.29) is 0 Å². The minimum atomic E-state index is 0.522. The van der Waals surface area contributed by atoms with Gasteiger partial charge in [-0.05, 0) is 12.1 Å². The third kappa shape index (κ3) is 2.59. The Morgan fingerprint density at radius 1 is 1.37 bits per heavy atom. The maximum absolute atomic E-state index is 4.73. The van der Waals surface area contributed by atoms with Gasteiger partial charge in [0.15, 0.2) is 0 Å². The fourth-order valence-corrected chi connectivity index (χ4v) is 3.19. The fraction of sp³-hybridized carbons (Fsp3) is 0.400. The van der Waals surface area contributed by atoms with E-state index in [1.165, 1.54) is 22.1 Å². The fourth-order valence-electron chi connectivity index (χ4n) is 2.37. The smallest absolute Gasteiger partial charge is 0.0954 e. The van der Waals surface area contributed by atoms with Crippen molar-refractivity contribution < 1.29 is 0 Å². The minimum absolute atomic E-state index is 0.522. The van der Waals surface area contributed by atoms with Gasteiger partial charge in [-0.3, -0.25) is 0 Å². The van der Waals surface area contributed by atoms with Crippen LogP contribution in [0, 0.1) is 0 Å². The van der Waals surface area contributed by atoms with Gasteiger partial charge in [-0.25, -0.2) is 4.98 Å². The number of hydrogen-bond donors (Lipinski definition) is 1. The first-order chi connectivity index (χ1) is 9.24. The van der Waals surface area contributed by atoms with Crippen LogP contribution in [0.4, 0.5) is 11.4 Å². The quantitative estimate of drug-likeness (QED) is 0.924. The molecule has 0 amide bonds. The van der Waals surface area contributed by atoms with E-state index in [9.17, 15) is 0 Å². The molecule has 3 nitrogen and oxygen atoms in total. The van der Waals surface area contributed by atoms with E-state index in [0.717, 1.165) is 19.6 Å². The molecule has 0 atom stereocenters. The molecule has 0 unspecified atom stereocenters. The summed E-state index contributed by atoms with van der Waals surface area (Å²) in [6.45, 7) is 7.33. The van der Waals surface area contributed by atoms with Crippen molar-refractivity contribution in [3.05, 3.63) is 40.3 Å². The molecule has 1 aliphatic rings. The van der Waals surface area contributed by atoms with Crippen LogP contribution < -0.4 is 10.2 Å². The summed E-state index contributed by atoms with van der Waals surface area (Å²) in [6, 6.07) is 8.49. The van der Waals surface area contributed by atoms with Crippen LogP contribution in [0.2, 0.25) is 0 Å². The predicted octanol–water partition coefficient (Wildman–Crippen LogP) is 3.70. The van der Waals surface area contributed by atoms with Crippen molar-refractivity contribution >= 4 is 22.7 Å². The van der Waals surface area contributed by atoms with E-state index in [0.29, 0.717) is 5.92 Å². The molecular weight excluding hydrogens is 254 g/mol. The third-order valence-corrected chi connectivity index (χ3v) is 4.55. The van der Waals surface area contributed by atoms with Gasteiger partial charge in [0.05, 0.1) is 28.6 Å². The van der Waals surface area contributed by atoms with Gasteiger partial charge >= 0.3 is 0 Å². The van der Waals surface area contributed by atoms with Crippen molar-refractivity contribution in [1.82, 2.24) is 4.98 Å². The van der Waals surface area contributed by atoms with Crippen LogP contribution in [-0.2, 0) is 6.54 Å². The van der Waals surface area contributed by atoms with Crippen LogP contribution in [0.1, 0.15) is 30.5 Å². The van der Waals surface area contributed by atoms with E-state index in [4.69, 9.17) is 4.98 Å². The highest BCUT2D eigenvalue weighted by Gasteiger charge is 2.17. The lowest BCUT2D eigenvalue weighted by atomic mass is 10.2. The highest BCUT2D eigenvalue weighted by atomic mass is 32.1. The van der Waals surface area contributed by atoms with Crippen LogP contribution in [0.5, 0.6) is 0 Å². The molecule has 0 saturated carbocycles. The minimum Gasteiger partial charge on any atom is -0.382 e. The molecule has 1 aromatic carbocycles. The third-order valence-electron chi connectivity index (χ3n) is 3.36. The van der Waals surface area contributed by atoms with E-state index in [1.807, 2.05) is 0 Å². The monoisotopic (exact) mass is 273 g/mol. The van der Waals surface area contributed by atoms with Gasteiger partial charge in [0.25, 0.3) is 0 Å². The molecule has 4 heteroatoms. The zero-order chi connectivity index (χ0) is 13.2. The number of anilines is 2. The second kappa shape index (κ2) is 5.21. The highest BCUT2D eigenvalue weighted by Crippen LogP contribution is 2.30. The van der Waals surface area contributed by atoms with Crippen molar-refractivity contribution in [2.75, 3.05) is 23.3 Å². The average molecular weight is 273 g/mol. The zero-order valence-corrected chi connectivity index (χ0v) is 12.2. The van der Waals surface area contributed by atoms with Crippen LogP contribution in [-0.4, -0.2) is 18.1 Å². The Hall–Kier alpha value is -1.55. The van der Waals surface area contributed by atoms with Crippen LogP contribution in [0.15, 0.2) is 29.6 Å². The van der Waals surface area contributed by atoms with Crippen molar-refractivity contribution in [3.8, 4) is 0 Å². The molecule has 1 N–H and O–H groups in total. The summed E-state index contributed by atoms with van der Waals surface area (Å²) in [6.07, 6.45) is 0. The lowest BCUT2D eigenvalue weighted by molar-refractivity contribution is 0.764. The van der Waals surface area contributed by atoms with E-state index < -0.39 is 0 Å². The van der Waals surface area contributed by atoms with Gasteiger partial charge in [-0.15, -0.1) is 11.3 Å². The number of rotatable bonds is 3. The lowest BCUT2D eigenvalue weighted by Crippen LogP contribution is -2.33. The first-order valence-corrected chi connectivity index (χ1v) is 7.64. The molecule has 0 fully saturated rings. The molecule has 0 saturated heterocycles. The summed E-state index contributed by atoms with van der Waals surface area (Å²) in [5.74, 6) is 0.522. The molecule has 3 rings (SSSR count). The van der Waals surface area contributed by atoms with Crippen molar-refractivity contribution in [3.63, 3.8) is 0 Å². The Kier molecular flexibility index (Phi) is 3.42. The Labute approximate surface area is 118 Å². The van der Waals surface area contributed by atoms with E-state index in [1.54, 1.807) is 11.3 Å². The summed E-state index contributed by atoms with van der Waals surface area (Å²) in [4.78, 5) is 7.14. The number of aromatic nitrogens is 1. The van der Waals surface area contributed by atoms with Crippen LogP contribution in [0.3, 0.4) is 0 Å². The van der Waals surface area contributed by atoms with Gasteiger partial charge in [0.1, 0.15) is 0 Å². The van der Waals surface area contributed by atoms with Gasteiger partial charge in [0, 0.05) is 24.4 Å². The van der Waals surface area contributed by atoms with Crippen LogP contribution in [0.25, 0.3) is 0 Å². The number of nitrogens with zero attached hydrogens (tertiary/aromatic N) is 2. The molecule has 0 bridgehead atoms. The van der Waals surface area contributed by atoms with E-state index >= 15 is 0 Å². The first kappa shape index (κ1) is 12.5. The molecule has 0 aliphatic carbocycles. The van der Waals surface area contributed by atoms with Crippen molar-refractivity contribution in [1.29, 1.82) is 0 Å². The molecule has 19 heavy (non-hydrogen) atoms. The van der Waals surface area contributed by atoms with Gasteiger partial charge in [-0.2, -0.15) is 0 Å². The predicted molar refractivity (Wildman–Crippen MR) is 82.2 cm³/mol. The Bertz CT molecular complexity index is 562. The average Bonchev–Trinajstić information content (AvgIpc) is 2.88. The van der Waals surface area contributed by atoms with Crippen molar-refractivity contribution in [2.24, 2.45) is 0 Å². The molecule has 100 valence electrons. The van der Waals surface area contributed by atoms with E-state index in [2.05, 4.69) is 53.7 Å². The summed E-state index contributed by atoms with van der Waals surface area (Å²) in [5, 5.41) is 6.87. The summed E-state index contributed by atoms with van der Waals surface area (Å²) < 4.78 is 0. The number of thiazole rings is 1. The molecule has 2 aromatic rings. The summed E-state index contributed by atoms with van der Waals surface area (Å²) in [5.41, 5.74) is 3.70. The standard InChI is InChI=1S/C15H19N3S/c1-11(2)15-17-12(10-19-15)9-18-8-7-16-13-5-3-4-6-14(13)18/h3-6,10-11,16H,7-9H2,1-2H3. The summed E-state index contributed by atoms with van der Waals surface area (Å²) in [7, 11) is 0. The zero-order valence-electron chi connectivity index (χ0n) is 11.4. The normalized spacial score (nSPS) is 14.4. The Balaban J connectivity index is 1.80. The van der Waals surface area contributed by atoms with Gasteiger partial charge in [0.2, 0.25) is 0 Å². The van der Waals surface area contributed by atoms with Crippen molar-refractivity contribution in [2.45, 2.75) is 26.3 Å². The maximum Gasteiger partial charge on any atom is 0.0954 e.